The number of carbonyl (C=O) groups is 1. The first kappa shape index (κ1) is 24.5. The molecule has 5 nitrogen and oxygen atoms in total. The van der Waals surface area contributed by atoms with Gasteiger partial charge in [-0.2, -0.15) is 0 Å². The van der Waals surface area contributed by atoms with Crippen LogP contribution >= 0.6 is 24.0 Å². The van der Waals surface area contributed by atoms with Gasteiger partial charge in [0, 0.05) is 37.8 Å². The van der Waals surface area contributed by atoms with Crippen molar-refractivity contribution in [1.82, 2.24) is 10.2 Å². The van der Waals surface area contributed by atoms with E-state index in [0.717, 1.165) is 56.0 Å². The van der Waals surface area contributed by atoms with Crippen LogP contribution < -0.4 is 15.4 Å². The number of halogens is 2. The zero-order valence-corrected chi connectivity index (χ0v) is 20.4. The minimum absolute atomic E-state index is 0. The van der Waals surface area contributed by atoms with Crippen LogP contribution in [0.15, 0.2) is 12.1 Å². The van der Waals surface area contributed by atoms with Gasteiger partial charge in [-0.25, -0.2) is 0 Å². The molecule has 2 saturated carbocycles. The molecular formula is C24H37Cl2N3O2. The number of carbonyl (C=O) groups excluding carboxylic acids is 1. The lowest BCUT2D eigenvalue weighted by atomic mass is 9.68. The van der Waals surface area contributed by atoms with Crippen molar-refractivity contribution in [2.24, 2.45) is 11.8 Å². The van der Waals surface area contributed by atoms with E-state index in [1.54, 1.807) is 13.2 Å². The normalized spacial score (nSPS) is 28.0. The van der Waals surface area contributed by atoms with E-state index in [9.17, 15) is 4.79 Å². The molecule has 1 aliphatic heterocycles. The van der Waals surface area contributed by atoms with Gasteiger partial charge in [-0.05, 0) is 56.4 Å². The third-order valence-electron chi connectivity index (χ3n) is 7.34. The topological polar surface area (TPSA) is 53.6 Å². The van der Waals surface area contributed by atoms with Crippen LogP contribution in [0.4, 0.5) is 5.69 Å². The summed E-state index contributed by atoms with van der Waals surface area (Å²) < 4.78 is 5.50. The lowest BCUT2D eigenvalue weighted by Gasteiger charge is -2.47. The Morgan fingerprint density at radius 2 is 1.84 bits per heavy atom. The molecule has 0 spiro atoms. The smallest absolute Gasteiger partial charge is 0.255 e. The summed E-state index contributed by atoms with van der Waals surface area (Å²) in [6, 6.07) is 4.49. The Hall–Kier alpha value is -1.17. The quantitative estimate of drug-likeness (QED) is 0.563. The molecule has 0 aromatic heterocycles. The fraction of sp³-hybridized carbons (Fsp3) is 0.708. The third-order valence-corrected chi connectivity index (χ3v) is 7.65. The van der Waals surface area contributed by atoms with Gasteiger partial charge < -0.3 is 15.4 Å². The summed E-state index contributed by atoms with van der Waals surface area (Å²) >= 11 is 6.43. The number of methoxy groups -OCH3 is 1. The molecule has 0 radical (unpaired) electrons. The van der Waals surface area contributed by atoms with Gasteiger partial charge in [0.25, 0.3) is 5.91 Å². The highest BCUT2D eigenvalue weighted by Gasteiger charge is 2.42. The lowest BCUT2D eigenvalue weighted by molar-refractivity contribution is 0.0346. The summed E-state index contributed by atoms with van der Waals surface area (Å²) in [6.07, 6.45) is 10.4. The molecule has 1 atom stereocenters. The number of nitrogens with one attached hydrogen (secondary N) is 2. The number of fused-ring (bicyclic) bond motifs is 2. The number of hydrogen-bond donors (Lipinski definition) is 2. The van der Waals surface area contributed by atoms with Gasteiger partial charge in [0.05, 0.1) is 23.4 Å². The van der Waals surface area contributed by atoms with Crippen molar-refractivity contribution in [3.63, 3.8) is 0 Å². The molecule has 2 aliphatic carbocycles. The van der Waals surface area contributed by atoms with Gasteiger partial charge in [-0.1, -0.05) is 31.4 Å². The van der Waals surface area contributed by atoms with Gasteiger partial charge in [-0.3, -0.25) is 9.69 Å². The van der Waals surface area contributed by atoms with Gasteiger partial charge >= 0.3 is 0 Å². The summed E-state index contributed by atoms with van der Waals surface area (Å²) in [6.45, 7) is 5.00. The Morgan fingerprint density at radius 3 is 2.45 bits per heavy atom. The predicted octanol–water partition coefficient (Wildman–Crippen LogP) is 5.37. The van der Waals surface area contributed by atoms with Crippen molar-refractivity contribution in [2.75, 3.05) is 32.1 Å². The van der Waals surface area contributed by atoms with Crippen LogP contribution in [0.25, 0.3) is 0 Å². The fourth-order valence-corrected chi connectivity index (χ4v) is 6.20. The Labute approximate surface area is 198 Å². The van der Waals surface area contributed by atoms with Crippen molar-refractivity contribution in [2.45, 2.75) is 70.4 Å². The zero-order valence-electron chi connectivity index (χ0n) is 18.8. The number of hydrogen-bond acceptors (Lipinski definition) is 4. The molecule has 3 aliphatic rings. The second-order valence-electron chi connectivity index (χ2n) is 9.29. The predicted molar refractivity (Wildman–Crippen MR) is 130 cm³/mol. The molecule has 1 unspecified atom stereocenters. The van der Waals surface area contributed by atoms with Crippen LogP contribution in [0.1, 0.15) is 68.6 Å². The molecular weight excluding hydrogens is 433 g/mol. The van der Waals surface area contributed by atoms with E-state index in [2.05, 4.69) is 22.5 Å². The van der Waals surface area contributed by atoms with Crippen molar-refractivity contribution in [3.05, 3.63) is 22.7 Å². The van der Waals surface area contributed by atoms with Crippen LogP contribution in [0.3, 0.4) is 0 Å². The number of nitrogens with zero attached hydrogens (tertiary/aromatic N) is 1. The van der Waals surface area contributed by atoms with Crippen molar-refractivity contribution < 1.29 is 9.53 Å². The molecule has 1 aromatic rings. The van der Waals surface area contributed by atoms with E-state index in [0.29, 0.717) is 16.3 Å². The first-order valence-electron chi connectivity index (χ1n) is 11.8. The molecule has 7 heteroatoms. The summed E-state index contributed by atoms with van der Waals surface area (Å²) in [7, 11) is 1.60. The minimum atomic E-state index is -0.0912. The second-order valence-corrected chi connectivity index (χ2v) is 9.69. The van der Waals surface area contributed by atoms with Crippen LogP contribution in [0, 0.1) is 11.8 Å². The fourth-order valence-electron chi connectivity index (χ4n) is 5.97. The van der Waals surface area contributed by atoms with Crippen LogP contribution in [0.5, 0.6) is 5.75 Å². The standard InChI is InChI=1S/C24H36ClN3O2.ClH/c1-3-11-26-21-14-22(30-2)19(13-20(21)25)24(29)27-18-10-12-28(15-18)23-16-6-4-7-17(23)9-5-8-16;/h13-14,16-18,23,26H,3-12,15H2,1-2H3,(H,27,29);1H. The second kappa shape index (κ2) is 11.1. The lowest BCUT2D eigenvalue weighted by Crippen LogP contribution is -2.50. The SMILES string of the molecule is CCCNc1cc(OC)c(C(=O)NC2CCN(C3C4CCCC3CCC4)C2)cc1Cl.Cl. The van der Waals surface area contributed by atoms with Gasteiger partial charge in [-0.15, -0.1) is 12.4 Å². The molecule has 1 saturated heterocycles. The van der Waals surface area contributed by atoms with Gasteiger partial charge in [0.1, 0.15) is 5.75 Å². The summed E-state index contributed by atoms with van der Waals surface area (Å²) in [5, 5.41) is 7.10. The molecule has 31 heavy (non-hydrogen) atoms. The monoisotopic (exact) mass is 469 g/mol. The number of amides is 1. The number of ether oxygens (including phenoxy) is 1. The maximum atomic E-state index is 13.0. The summed E-state index contributed by atoms with van der Waals surface area (Å²) in [5.41, 5.74) is 1.32. The Morgan fingerprint density at radius 1 is 1.16 bits per heavy atom. The zero-order chi connectivity index (χ0) is 21.1. The number of anilines is 1. The average molecular weight is 470 g/mol. The van der Waals surface area contributed by atoms with E-state index in [4.69, 9.17) is 16.3 Å². The molecule has 2 N–H and O–H groups in total. The van der Waals surface area contributed by atoms with Crippen LogP contribution in [-0.4, -0.2) is 49.6 Å². The molecule has 174 valence electrons. The van der Waals surface area contributed by atoms with E-state index < -0.39 is 0 Å². The third kappa shape index (κ3) is 5.43. The molecule has 3 fully saturated rings. The van der Waals surface area contributed by atoms with E-state index >= 15 is 0 Å². The van der Waals surface area contributed by atoms with E-state index in [1.807, 2.05) is 6.07 Å². The summed E-state index contributed by atoms with van der Waals surface area (Å²) in [5.74, 6) is 2.21. The summed E-state index contributed by atoms with van der Waals surface area (Å²) in [4.78, 5) is 15.7. The Balaban J connectivity index is 0.00000272. The minimum Gasteiger partial charge on any atom is -0.496 e. The van der Waals surface area contributed by atoms with Crippen molar-refractivity contribution in [1.29, 1.82) is 0 Å². The number of rotatable bonds is 7. The van der Waals surface area contributed by atoms with Crippen molar-refractivity contribution >= 4 is 35.6 Å². The number of benzene rings is 1. The van der Waals surface area contributed by atoms with E-state index in [-0.39, 0.29) is 24.4 Å². The highest BCUT2D eigenvalue weighted by Crippen LogP contribution is 2.43. The molecule has 1 amide bonds. The van der Waals surface area contributed by atoms with Crippen LogP contribution in [0.2, 0.25) is 5.02 Å². The first-order valence-corrected chi connectivity index (χ1v) is 12.1. The highest BCUT2D eigenvalue weighted by atomic mass is 35.5. The van der Waals surface area contributed by atoms with E-state index in [1.165, 1.54) is 38.5 Å². The average Bonchev–Trinajstić information content (AvgIpc) is 3.20. The maximum absolute atomic E-state index is 13.0. The van der Waals surface area contributed by atoms with Crippen molar-refractivity contribution in [3.8, 4) is 5.75 Å². The molecule has 1 aromatic carbocycles. The first-order chi connectivity index (χ1) is 14.6. The molecule has 4 rings (SSSR count). The maximum Gasteiger partial charge on any atom is 0.255 e. The number of likely N-dealkylation sites (tertiary alicyclic amines) is 1. The Kier molecular flexibility index (Phi) is 8.77. The highest BCUT2D eigenvalue weighted by molar-refractivity contribution is 6.33. The largest absolute Gasteiger partial charge is 0.496 e. The Bertz CT molecular complexity index is 739. The van der Waals surface area contributed by atoms with Gasteiger partial charge in [0.15, 0.2) is 0 Å². The van der Waals surface area contributed by atoms with Gasteiger partial charge in [0.2, 0.25) is 0 Å². The van der Waals surface area contributed by atoms with Crippen LogP contribution in [-0.2, 0) is 0 Å². The molecule has 2 bridgehead atoms. The molecule has 1 heterocycles.